The monoisotopic (exact) mass is 349 g/mol. The average molecular weight is 350 g/mol. The van der Waals surface area contributed by atoms with Crippen molar-refractivity contribution in [3.63, 3.8) is 0 Å². The molecule has 0 spiro atoms. The zero-order chi connectivity index (χ0) is 15.1. The molecule has 0 saturated heterocycles. The summed E-state index contributed by atoms with van der Waals surface area (Å²) in [7, 11) is 0. The third-order valence-corrected chi connectivity index (χ3v) is 3.25. The zero-order valence-corrected chi connectivity index (χ0v) is 13.8. The highest BCUT2D eigenvalue weighted by Gasteiger charge is 2.16. The van der Waals surface area contributed by atoms with Gasteiger partial charge in [-0.3, -0.25) is 0 Å². The van der Waals surface area contributed by atoms with E-state index < -0.39 is 11.6 Å². The maximum Gasteiger partial charge on any atom is 0.200 e. The number of ether oxygens (including phenoxy) is 1. The van der Waals surface area contributed by atoms with E-state index in [4.69, 9.17) is 4.74 Å². The second-order valence-corrected chi connectivity index (χ2v) is 6.20. The molecule has 0 aliphatic heterocycles. The summed E-state index contributed by atoms with van der Waals surface area (Å²) in [5.74, 6) is -1.34. The van der Waals surface area contributed by atoms with E-state index >= 15 is 0 Å². The number of benzene rings is 1. The fourth-order valence-electron chi connectivity index (χ4n) is 1.86. The molecule has 0 radical (unpaired) electrons. The SMILES string of the molecule is CCCC(CNCC(C)C)Oc1cc(Br)cc(F)c1F. The van der Waals surface area contributed by atoms with Crippen LogP contribution in [0.5, 0.6) is 5.75 Å². The van der Waals surface area contributed by atoms with Gasteiger partial charge in [0.05, 0.1) is 0 Å². The van der Waals surface area contributed by atoms with Gasteiger partial charge in [0.1, 0.15) is 6.10 Å². The van der Waals surface area contributed by atoms with E-state index in [-0.39, 0.29) is 11.9 Å². The minimum absolute atomic E-state index is 0.0401. The summed E-state index contributed by atoms with van der Waals surface area (Å²) in [6.07, 6.45) is 1.55. The number of hydrogen-bond acceptors (Lipinski definition) is 2. The minimum atomic E-state index is -0.932. The molecule has 5 heteroatoms. The lowest BCUT2D eigenvalue weighted by molar-refractivity contribution is 0.175. The van der Waals surface area contributed by atoms with Gasteiger partial charge >= 0.3 is 0 Å². The Morgan fingerprint density at radius 1 is 1.25 bits per heavy atom. The largest absolute Gasteiger partial charge is 0.486 e. The van der Waals surface area contributed by atoms with Crippen LogP contribution < -0.4 is 10.1 Å². The summed E-state index contributed by atoms with van der Waals surface area (Å²) >= 11 is 3.15. The van der Waals surface area contributed by atoms with E-state index in [0.29, 0.717) is 16.9 Å². The molecule has 0 saturated carbocycles. The van der Waals surface area contributed by atoms with Gasteiger partial charge < -0.3 is 10.1 Å². The van der Waals surface area contributed by atoms with Gasteiger partial charge in [0.2, 0.25) is 5.82 Å². The van der Waals surface area contributed by atoms with Crippen LogP contribution in [0.2, 0.25) is 0 Å². The molecular weight excluding hydrogens is 328 g/mol. The van der Waals surface area contributed by atoms with Crippen molar-refractivity contribution in [2.45, 2.75) is 39.7 Å². The lowest BCUT2D eigenvalue weighted by atomic mass is 10.2. The summed E-state index contributed by atoms with van der Waals surface area (Å²) < 4.78 is 33.1. The first-order valence-electron chi connectivity index (χ1n) is 6.96. The fourth-order valence-corrected chi connectivity index (χ4v) is 2.26. The molecule has 0 bridgehead atoms. The molecule has 1 aromatic rings. The highest BCUT2D eigenvalue weighted by atomic mass is 79.9. The zero-order valence-electron chi connectivity index (χ0n) is 12.2. The van der Waals surface area contributed by atoms with E-state index in [1.165, 1.54) is 6.07 Å². The minimum Gasteiger partial charge on any atom is -0.486 e. The van der Waals surface area contributed by atoms with E-state index in [2.05, 4.69) is 35.1 Å². The van der Waals surface area contributed by atoms with Crippen molar-refractivity contribution in [1.82, 2.24) is 5.32 Å². The maximum absolute atomic E-state index is 13.7. The van der Waals surface area contributed by atoms with E-state index in [1.807, 2.05) is 6.92 Å². The van der Waals surface area contributed by atoms with Crippen LogP contribution in [0.25, 0.3) is 0 Å². The first-order chi connectivity index (χ1) is 9.43. The highest BCUT2D eigenvalue weighted by Crippen LogP contribution is 2.26. The van der Waals surface area contributed by atoms with Gasteiger partial charge in [-0.2, -0.15) is 4.39 Å². The lowest BCUT2D eigenvalue weighted by Gasteiger charge is -2.20. The summed E-state index contributed by atoms with van der Waals surface area (Å²) in [4.78, 5) is 0. The summed E-state index contributed by atoms with van der Waals surface area (Å²) in [5, 5.41) is 3.29. The Bertz CT molecular complexity index is 427. The molecule has 0 aliphatic carbocycles. The predicted molar refractivity (Wildman–Crippen MR) is 81.1 cm³/mol. The van der Waals surface area contributed by atoms with Crippen molar-refractivity contribution >= 4 is 15.9 Å². The van der Waals surface area contributed by atoms with Crippen LogP contribution in [0.3, 0.4) is 0 Å². The number of hydrogen-bond donors (Lipinski definition) is 1. The van der Waals surface area contributed by atoms with Crippen LogP contribution in [0.4, 0.5) is 8.78 Å². The fraction of sp³-hybridized carbons (Fsp3) is 0.600. The lowest BCUT2D eigenvalue weighted by Crippen LogP contribution is -2.33. The molecule has 0 aliphatic rings. The van der Waals surface area contributed by atoms with E-state index in [0.717, 1.165) is 25.5 Å². The van der Waals surface area contributed by atoms with Crippen molar-refractivity contribution in [2.24, 2.45) is 5.92 Å². The molecule has 1 rings (SSSR count). The molecule has 2 nitrogen and oxygen atoms in total. The van der Waals surface area contributed by atoms with Gasteiger partial charge in [-0.25, -0.2) is 4.39 Å². The first kappa shape index (κ1) is 17.4. The van der Waals surface area contributed by atoms with Crippen LogP contribution in [-0.4, -0.2) is 19.2 Å². The molecule has 114 valence electrons. The van der Waals surface area contributed by atoms with Crippen LogP contribution in [-0.2, 0) is 0 Å². The normalized spacial score (nSPS) is 12.8. The van der Waals surface area contributed by atoms with Crippen LogP contribution in [0, 0.1) is 17.6 Å². The van der Waals surface area contributed by atoms with Gasteiger partial charge in [-0.1, -0.05) is 43.1 Å². The Balaban J connectivity index is 2.69. The molecule has 1 unspecified atom stereocenters. The molecule has 20 heavy (non-hydrogen) atoms. The summed E-state index contributed by atoms with van der Waals surface area (Å²) in [6, 6.07) is 2.55. The first-order valence-corrected chi connectivity index (χ1v) is 7.75. The van der Waals surface area contributed by atoms with Crippen LogP contribution >= 0.6 is 15.9 Å². The Morgan fingerprint density at radius 3 is 2.55 bits per heavy atom. The van der Waals surface area contributed by atoms with Gasteiger partial charge in [0.25, 0.3) is 0 Å². The number of halogens is 3. The maximum atomic E-state index is 13.7. The van der Waals surface area contributed by atoms with Crippen molar-refractivity contribution in [3.8, 4) is 5.75 Å². The number of nitrogens with one attached hydrogen (secondary N) is 1. The van der Waals surface area contributed by atoms with E-state index in [9.17, 15) is 8.78 Å². The van der Waals surface area contributed by atoms with Crippen molar-refractivity contribution in [2.75, 3.05) is 13.1 Å². The summed E-state index contributed by atoms with van der Waals surface area (Å²) in [5.41, 5.74) is 0. The molecule has 0 aromatic heterocycles. The smallest absolute Gasteiger partial charge is 0.200 e. The Labute approximate surface area is 128 Å². The Morgan fingerprint density at radius 2 is 1.95 bits per heavy atom. The number of rotatable bonds is 8. The van der Waals surface area contributed by atoms with Crippen molar-refractivity contribution < 1.29 is 13.5 Å². The van der Waals surface area contributed by atoms with Gasteiger partial charge in [0.15, 0.2) is 11.6 Å². The summed E-state index contributed by atoms with van der Waals surface area (Å²) in [6.45, 7) is 7.77. The average Bonchev–Trinajstić information content (AvgIpc) is 2.35. The Hall–Kier alpha value is -0.680. The molecule has 1 N–H and O–H groups in total. The van der Waals surface area contributed by atoms with E-state index in [1.54, 1.807) is 0 Å². The van der Waals surface area contributed by atoms with Crippen LogP contribution in [0.1, 0.15) is 33.6 Å². The van der Waals surface area contributed by atoms with Gasteiger partial charge in [0, 0.05) is 11.0 Å². The predicted octanol–water partition coefficient (Wildman–Crippen LogP) is 4.52. The molecule has 0 heterocycles. The second-order valence-electron chi connectivity index (χ2n) is 5.28. The molecule has 0 fully saturated rings. The van der Waals surface area contributed by atoms with Crippen molar-refractivity contribution in [1.29, 1.82) is 0 Å². The quantitative estimate of drug-likeness (QED) is 0.696. The Kier molecular flexibility index (Phi) is 7.45. The second kappa shape index (κ2) is 8.57. The molecule has 0 amide bonds. The van der Waals surface area contributed by atoms with Gasteiger partial charge in [-0.15, -0.1) is 0 Å². The van der Waals surface area contributed by atoms with Crippen LogP contribution in [0.15, 0.2) is 16.6 Å². The molecule has 1 aromatic carbocycles. The standard InChI is InChI=1S/C15H22BrF2NO/c1-4-5-12(9-19-8-10(2)3)20-14-7-11(16)6-13(17)15(14)18/h6-7,10,12,19H,4-5,8-9H2,1-3H3. The molecular formula is C15H22BrF2NO. The molecule has 1 atom stereocenters. The highest BCUT2D eigenvalue weighted by molar-refractivity contribution is 9.10. The van der Waals surface area contributed by atoms with Gasteiger partial charge in [-0.05, 0) is 31.0 Å². The topological polar surface area (TPSA) is 21.3 Å². The third kappa shape index (κ3) is 5.75. The van der Waals surface area contributed by atoms with Crippen molar-refractivity contribution in [3.05, 3.63) is 28.2 Å². The third-order valence-electron chi connectivity index (χ3n) is 2.79.